The first-order chi connectivity index (χ1) is 14.0. The summed E-state index contributed by atoms with van der Waals surface area (Å²) < 4.78 is 8.04. The summed E-state index contributed by atoms with van der Waals surface area (Å²) in [4.78, 5) is 17.2. The third-order valence-electron chi connectivity index (χ3n) is 5.14. The fourth-order valence-corrected chi connectivity index (χ4v) is 4.85. The van der Waals surface area contributed by atoms with Crippen molar-refractivity contribution in [3.63, 3.8) is 0 Å². The molecule has 0 fully saturated rings. The molecule has 1 aliphatic rings. The summed E-state index contributed by atoms with van der Waals surface area (Å²) in [5, 5.41) is 9.10. The molecule has 5 rings (SSSR count). The Kier molecular flexibility index (Phi) is 4.29. The number of rotatable bonds is 3. The molecule has 4 aromatic rings. The minimum atomic E-state index is -0.0701. The van der Waals surface area contributed by atoms with Gasteiger partial charge in [-0.05, 0) is 42.8 Å². The second-order valence-corrected chi connectivity index (χ2v) is 8.39. The van der Waals surface area contributed by atoms with E-state index >= 15 is 0 Å². The number of nitrogens with one attached hydrogen (secondary N) is 1. The van der Waals surface area contributed by atoms with Crippen LogP contribution in [-0.2, 0) is 4.79 Å². The number of hydrogen-bond acceptors (Lipinski definition) is 5. The number of nitrogens with zero attached hydrogens (tertiary/aromatic N) is 3. The van der Waals surface area contributed by atoms with E-state index in [2.05, 4.69) is 5.32 Å². The van der Waals surface area contributed by atoms with Crippen LogP contribution >= 0.6 is 22.9 Å². The lowest BCUT2D eigenvalue weighted by Crippen LogP contribution is -2.24. The predicted octanol–water partition coefficient (Wildman–Crippen LogP) is 4.93. The first-order valence-corrected chi connectivity index (χ1v) is 10.3. The molecule has 0 saturated heterocycles. The number of carbonyl (C=O) groups excluding carboxylic acids is 1. The molecule has 3 heterocycles. The van der Waals surface area contributed by atoms with Crippen LogP contribution < -0.4 is 10.1 Å². The average Bonchev–Trinajstić information content (AvgIpc) is 3.28. The minimum Gasteiger partial charge on any atom is -0.497 e. The molecule has 1 unspecified atom stereocenters. The van der Waals surface area contributed by atoms with Crippen molar-refractivity contribution in [3.05, 3.63) is 64.3 Å². The van der Waals surface area contributed by atoms with Crippen LogP contribution in [0.1, 0.15) is 29.2 Å². The van der Waals surface area contributed by atoms with Crippen molar-refractivity contribution in [2.24, 2.45) is 0 Å². The Morgan fingerprint density at radius 1 is 1.24 bits per heavy atom. The van der Waals surface area contributed by atoms with Gasteiger partial charge in [0.05, 0.1) is 23.0 Å². The number of hydrogen-bond donors (Lipinski definition) is 1. The molecule has 1 aliphatic heterocycles. The van der Waals surface area contributed by atoms with Gasteiger partial charge < -0.3 is 10.1 Å². The van der Waals surface area contributed by atoms with E-state index in [0.29, 0.717) is 22.4 Å². The molecule has 0 saturated carbocycles. The fraction of sp³-hybridized carbons (Fsp3) is 0.190. The van der Waals surface area contributed by atoms with Crippen molar-refractivity contribution in [2.75, 3.05) is 12.4 Å². The molecular formula is C21H17ClN4O2S. The van der Waals surface area contributed by atoms with Gasteiger partial charge in [-0.15, -0.1) is 0 Å². The van der Waals surface area contributed by atoms with E-state index in [1.165, 1.54) is 11.3 Å². The quantitative estimate of drug-likeness (QED) is 0.506. The summed E-state index contributed by atoms with van der Waals surface area (Å²) in [7, 11) is 1.64. The first-order valence-electron chi connectivity index (χ1n) is 9.13. The van der Waals surface area contributed by atoms with Crippen molar-refractivity contribution < 1.29 is 9.53 Å². The normalized spacial score (nSPS) is 16.0. The Balaban J connectivity index is 1.64. The Hall–Kier alpha value is -2.90. The topological polar surface area (TPSA) is 69.0 Å². The highest BCUT2D eigenvalue weighted by Crippen LogP contribution is 2.41. The van der Waals surface area contributed by atoms with Crippen LogP contribution in [0.5, 0.6) is 5.75 Å². The van der Waals surface area contributed by atoms with Crippen LogP contribution in [0, 0.1) is 6.92 Å². The second-order valence-electron chi connectivity index (χ2n) is 6.95. The van der Waals surface area contributed by atoms with Gasteiger partial charge in [-0.1, -0.05) is 35.1 Å². The minimum absolute atomic E-state index is 0.0404. The molecule has 2 aromatic heterocycles. The maximum atomic E-state index is 12.5. The van der Waals surface area contributed by atoms with Crippen LogP contribution in [-0.4, -0.2) is 27.8 Å². The number of thiazole rings is 1. The largest absolute Gasteiger partial charge is 0.497 e. The summed E-state index contributed by atoms with van der Waals surface area (Å²) in [6, 6.07) is 13.4. The monoisotopic (exact) mass is 424 g/mol. The zero-order valence-electron chi connectivity index (χ0n) is 15.8. The first kappa shape index (κ1) is 18.1. The molecule has 2 aromatic carbocycles. The van der Waals surface area contributed by atoms with E-state index in [0.717, 1.165) is 32.8 Å². The lowest BCUT2D eigenvalue weighted by Gasteiger charge is -2.24. The standard InChI is InChI=1S/C21H17ClN4O2S/c1-11-19-15(12-3-5-13(22)6-4-12)10-18(27)24-20(19)26(25-11)21-23-16-8-7-14(28-2)9-17(16)29-21/h3-9,15H,10H2,1-2H3,(H,24,27). The molecule has 0 spiro atoms. The Bertz CT molecular complexity index is 1250. The third-order valence-corrected chi connectivity index (χ3v) is 6.39. The molecule has 146 valence electrons. The van der Waals surface area contributed by atoms with Gasteiger partial charge in [0.1, 0.15) is 11.6 Å². The van der Waals surface area contributed by atoms with Crippen LogP contribution in [0.3, 0.4) is 0 Å². The molecule has 0 aliphatic carbocycles. The number of carbonyl (C=O) groups is 1. The molecule has 0 bridgehead atoms. The highest BCUT2D eigenvalue weighted by Gasteiger charge is 2.33. The molecular weight excluding hydrogens is 408 g/mol. The van der Waals surface area contributed by atoms with Gasteiger partial charge >= 0.3 is 0 Å². The number of methoxy groups -OCH3 is 1. The number of aromatic nitrogens is 3. The molecule has 6 nitrogen and oxygen atoms in total. The predicted molar refractivity (Wildman–Crippen MR) is 115 cm³/mol. The van der Waals surface area contributed by atoms with Gasteiger partial charge in [0.25, 0.3) is 0 Å². The van der Waals surface area contributed by atoms with E-state index in [4.69, 9.17) is 26.4 Å². The molecule has 8 heteroatoms. The van der Waals surface area contributed by atoms with Gasteiger partial charge in [0, 0.05) is 22.9 Å². The van der Waals surface area contributed by atoms with Crippen LogP contribution in [0.15, 0.2) is 42.5 Å². The second kappa shape index (κ2) is 6.86. The maximum Gasteiger partial charge on any atom is 0.226 e. The third kappa shape index (κ3) is 3.07. The number of benzene rings is 2. The number of anilines is 1. The summed E-state index contributed by atoms with van der Waals surface area (Å²) >= 11 is 7.55. The van der Waals surface area contributed by atoms with Gasteiger partial charge in [-0.25, -0.2) is 4.98 Å². The molecule has 0 radical (unpaired) electrons. The van der Waals surface area contributed by atoms with E-state index in [9.17, 15) is 4.79 Å². The van der Waals surface area contributed by atoms with Gasteiger partial charge in [-0.3, -0.25) is 4.79 Å². The zero-order chi connectivity index (χ0) is 20.1. The van der Waals surface area contributed by atoms with Crippen molar-refractivity contribution in [3.8, 4) is 10.9 Å². The lowest BCUT2D eigenvalue weighted by atomic mass is 9.86. The van der Waals surface area contributed by atoms with Crippen molar-refractivity contribution in [2.45, 2.75) is 19.3 Å². The van der Waals surface area contributed by atoms with Crippen molar-refractivity contribution in [1.29, 1.82) is 0 Å². The molecule has 1 N–H and O–H groups in total. The van der Waals surface area contributed by atoms with Crippen LogP contribution in [0.4, 0.5) is 5.82 Å². The summed E-state index contributed by atoms with van der Waals surface area (Å²) in [5.74, 6) is 1.35. The van der Waals surface area contributed by atoms with Gasteiger partial charge in [0.2, 0.25) is 11.0 Å². The van der Waals surface area contributed by atoms with E-state index < -0.39 is 0 Å². The molecule has 1 amide bonds. The van der Waals surface area contributed by atoms with Crippen molar-refractivity contribution >= 4 is 44.9 Å². The smallest absolute Gasteiger partial charge is 0.226 e. The lowest BCUT2D eigenvalue weighted by molar-refractivity contribution is -0.116. The number of halogens is 1. The van der Waals surface area contributed by atoms with Gasteiger partial charge in [-0.2, -0.15) is 9.78 Å². The SMILES string of the molecule is COc1ccc2nc(-n3nc(C)c4c3NC(=O)CC4c3ccc(Cl)cc3)sc2c1. The Morgan fingerprint density at radius 3 is 2.79 bits per heavy atom. The van der Waals surface area contributed by atoms with Crippen LogP contribution in [0.2, 0.25) is 5.02 Å². The summed E-state index contributed by atoms with van der Waals surface area (Å²) in [6.07, 6.45) is 0.373. The number of fused-ring (bicyclic) bond motifs is 2. The number of amides is 1. The average molecular weight is 425 g/mol. The van der Waals surface area contributed by atoms with Crippen LogP contribution in [0.25, 0.3) is 15.3 Å². The maximum absolute atomic E-state index is 12.5. The fourth-order valence-electron chi connectivity index (χ4n) is 3.78. The Labute approximate surface area is 176 Å². The van der Waals surface area contributed by atoms with E-state index in [-0.39, 0.29) is 11.8 Å². The van der Waals surface area contributed by atoms with E-state index in [1.807, 2.05) is 49.4 Å². The molecule has 1 atom stereocenters. The zero-order valence-corrected chi connectivity index (χ0v) is 17.3. The number of aryl methyl sites for hydroxylation is 1. The highest BCUT2D eigenvalue weighted by atomic mass is 35.5. The Morgan fingerprint density at radius 2 is 2.03 bits per heavy atom. The number of ether oxygens (including phenoxy) is 1. The molecule has 29 heavy (non-hydrogen) atoms. The van der Waals surface area contributed by atoms with E-state index in [1.54, 1.807) is 11.8 Å². The van der Waals surface area contributed by atoms with Gasteiger partial charge in [0.15, 0.2) is 0 Å². The van der Waals surface area contributed by atoms with Crippen molar-refractivity contribution in [1.82, 2.24) is 14.8 Å². The summed E-state index contributed by atoms with van der Waals surface area (Å²) in [5.41, 5.74) is 3.80. The summed E-state index contributed by atoms with van der Waals surface area (Å²) in [6.45, 7) is 1.96. The highest BCUT2D eigenvalue weighted by molar-refractivity contribution is 7.20.